The smallest absolute Gasteiger partial charge is 0.274 e. The first-order valence-electron chi connectivity index (χ1n) is 10.0. The Morgan fingerprint density at radius 1 is 0.871 bits per heavy atom. The van der Waals surface area contributed by atoms with Crippen LogP contribution < -0.4 is 10.1 Å². The first-order chi connectivity index (χ1) is 14.8. The van der Waals surface area contributed by atoms with Crippen molar-refractivity contribution in [2.75, 3.05) is 5.32 Å². The molecule has 31 heavy (non-hydrogen) atoms. The predicted molar refractivity (Wildman–Crippen MR) is 121 cm³/mol. The number of rotatable bonds is 4. The Labute approximate surface area is 180 Å². The van der Waals surface area contributed by atoms with Gasteiger partial charge in [0, 0.05) is 17.3 Å². The van der Waals surface area contributed by atoms with Crippen molar-refractivity contribution >= 4 is 22.4 Å². The highest BCUT2D eigenvalue weighted by Crippen LogP contribution is 2.29. The van der Waals surface area contributed by atoms with Crippen LogP contribution in [0.3, 0.4) is 0 Å². The number of amides is 1. The van der Waals surface area contributed by atoms with E-state index in [0.29, 0.717) is 11.4 Å². The number of fused-ring (bicyclic) bond motifs is 1. The maximum Gasteiger partial charge on any atom is 0.274 e. The maximum absolute atomic E-state index is 13.0. The number of hydrogen-bond acceptors (Lipinski definition) is 3. The Morgan fingerprint density at radius 3 is 2.23 bits per heavy atom. The lowest BCUT2D eigenvalue weighted by molar-refractivity contribution is 0.102. The summed E-state index contributed by atoms with van der Waals surface area (Å²) < 4.78 is 19.0. The quantitative estimate of drug-likeness (QED) is 0.403. The Kier molecular flexibility index (Phi) is 5.42. The van der Waals surface area contributed by atoms with Crippen molar-refractivity contribution in [2.24, 2.45) is 0 Å². The monoisotopic (exact) mass is 414 g/mol. The van der Waals surface area contributed by atoms with Gasteiger partial charge in [0.2, 0.25) is 0 Å². The van der Waals surface area contributed by atoms with Gasteiger partial charge in [-0.25, -0.2) is 4.39 Å². The number of anilines is 1. The minimum absolute atomic E-state index is 0.0911. The molecule has 0 bridgehead atoms. The first kappa shape index (κ1) is 20.5. The van der Waals surface area contributed by atoms with Crippen molar-refractivity contribution in [1.29, 1.82) is 0 Å². The molecule has 0 saturated heterocycles. The fourth-order valence-electron chi connectivity index (χ4n) is 3.19. The van der Waals surface area contributed by atoms with Crippen LogP contribution in [0.1, 0.15) is 36.8 Å². The summed E-state index contributed by atoms with van der Waals surface area (Å²) in [6.45, 7) is 6.52. The van der Waals surface area contributed by atoms with Crippen LogP contribution in [0.4, 0.5) is 10.1 Å². The molecule has 0 saturated carbocycles. The lowest BCUT2D eigenvalue weighted by Crippen LogP contribution is -2.13. The number of halogens is 1. The van der Waals surface area contributed by atoms with Crippen LogP contribution in [0, 0.1) is 5.82 Å². The molecule has 1 N–H and O–H groups in total. The van der Waals surface area contributed by atoms with Crippen LogP contribution in [0.5, 0.6) is 11.5 Å². The molecule has 1 heterocycles. The average molecular weight is 414 g/mol. The maximum atomic E-state index is 13.0. The molecule has 0 aliphatic heterocycles. The van der Waals surface area contributed by atoms with Crippen LogP contribution in [0.15, 0.2) is 79.0 Å². The van der Waals surface area contributed by atoms with E-state index in [4.69, 9.17) is 4.74 Å². The van der Waals surface area contributed by atoms with Crippen molar-refractivity contribution in [2.45, 2.75) is 26.2 Å². The van der Waals surface area contributed by atoms with E-state index in [1.165, 1.54) is 29.8 Å². The molecule has 156 valence electrons. The summed E-state index contributed by atoms with van der Waals surface area (Å²) in [5.41, 5.74) is 2.13. The van der Waals surface area contributed by atoms with Crippen molar-refractivity contribution in [3.8, 4) is 11.5 Å². The highest BCUT2D eigenvalue weighted by atomic mass is 19.1. The molecule has 1 aromatic heterocycles. The third kappa shape index (κ3) is 4.89. The zero-order valence-electron chi connectivity index (χ0n) is 17.6. The molecule has 0 atom stereocenters. The van der Waals surface area contributed by atoms with Gasteiger partial charge in [0.1, 0.15) is 23.0 Å². The van der Waals surface area contributed by atoms with Gasteiger partial charge in [-0.1, -0.05) is 39.0 Å². The van der Waals surface area contributed by atoms with Crippen molar-refractivity contribution < 1.29 is 13.9 Å². The van der Waals surface area contributed by atoms with Crippen molar-refractivity contribution in [3.05, 3.63) is 96.1 Å². The number of ether oxygens (including phenoxy) is 1. The Bertz CT molecular complexity index is 1230. The number of nitrogens with zero attached hydrogens (tertiary/aromatic N) is 1. The molecule has 0 radical (unpaired) electrons. The largest absolute Gasteiger partial charge is 0.457 e. The third-order valence-electron chi connectivity index (χ3n) is 4.98. The molecule has 4 nitrogen and oxygen atoms in total. The summed E-state index contributed by atoms with van der Waals surface area (Å²) in [6.07, 6.45) is 1.64. The molecule has 4 aromatic rings. The van der Waals surface area contributed by atoms with Crippen LogP contribution in [0.2, 0.25) is 0 Å². The summed E-state index contributed by atoms with van der Waals surface area (Å²) in [7, 11) is 0. The van der Waals surface area contributed by atoms with E-state index in [1.54, 1.807) is 12.3 Å². The van der Waals surface area contributed by atoms with Gasteiger partial charge in [0.15, 0.2) is 0 Å². The van der Waals surface area contributed by atoms with Gasteiger partial charge < -0.3 is 10.1 Å². The second-order valence-corrected chi connectivity index (χ2v) is 8.42. The molecule has 1 amide bonds. The molecule has 0 spiro atoms. The lowest BCUT2D eigenvalue weighted by Gasteiger charge is -2.19. The highest BCUT2D eigenvalue weighted by Gasteiger charge is 2.13. The van der Waals surface area contributed by atoms with Gasteiger partial charge in [-0.15, -0.1) is 0 Å². The summed E-state index contributed by atoms with van der Waals surface area (Å²) in [6, 6.07) is 21.0. The Hall–Kier alpha value is -3.73. The van der Waals surface area contributed by atoms with E-state index in [-0.39, 0.29) is 22.8 Å². The average Bonchev–Trinajstić information content (AvgIpc) is 2.74. The predicted octanol–water partition coefficient (Wildman–Crippen LogP) is 6.72. The van der Waals surface area contributed by atoms with Gasteiger partial charge in [-0.3, -0.25) is 9.78 Å². The highest BCUT2D eigenvalue weighted by molar-refractivity contribution is 6.04. The summed E-state index contributed by atoms with van der Waals surface area (Å²) in [5.74, 6) is 0.745. The number of benzene rings is 3. The Balaban J connectivity index is 1.50. The van der Waals surface area contributed by atoms with Crippen molar-refractivity contribution in [3.63, 3.8) is 0 Å². The van der Waals surface area contributed by atoms with Crippen molar-refractivity contribution in [1.82, 2.24) is 4.98 Å². The standard InChI is InChI=1S/C26H23FN2O2/c1-26(2,3)19-5-12-22(13-6-19)31-23-11-4-17-15-24(28-16-18(17)14-23)25(30)29-21-9-7-20(27)8-10-21/h4-16H,1-3H3,(H,29,30). The fourth-order valence-corrected chi connectivity index (χ4v) is 3.19. The second kappa shape index (κ2) is 8.19. The molecule has 5 heteroatoms. The summed E-state index contributed by atoms with van der Waals surface area (Å²) in [5, 5.41) is 4.45. The van der Waals surface area contributed by atoms with Gasteiger partial charge in [0.25, 0.3) is 5.91 Å². The van der Waals surface area contributed by atoms with E-state index < -0.39 is 0 Å². The number of carbonyl (C=O) groups excluding carboxylic acids is 1. The topological polar surface area (TPSA) is 51.2 Å². The molecule has 0 unspecified atom stereocenters. The number of pyridine rings is 1. The molecule has 0 aliphatic rings. The molecular weight excluding hydrogens is 391 g/mol. The molecule has 0 fully saturated rings. The third-order valence-corrected chi connectivity index (χ3v) is 4.98. The minimum Gasteiger partial charge on any atom is -0.457 e. The number of nitrogens with one attached hydrogen (secondary N) is 1. The summed E-state index contributed by atoms with van der Waals surface area (Å²) in [4.78, 5) is 16.7. The molecule has 4 rings (SSSR count). The first-order valence-corrected chi connectivity index (χ1v) is 10.0. The van der Waals surface area contributed by atoms with Crippen LogP contribution in [-0.4, -0.2) is 10.9 Å². The zero-order valence-corrected chi connectivity index (χ0v) is 17.6. The summed E-state index contributed by atoms with van der Waals surface area (Å²) >= 11 is 0. The number of carbonyl (C=O) groups is 1. The van der Waals surface area contributed by atoms with Gasteiger partial charge in [-0.2, -0.15) is 0 Å². The van der Waals surface area contributed by atoms with Crippen LogP contribution in [0.25, 0.3) is 10.8 Å². The number of aromatic nitrogens is 1. The normalized spacial score (nSPS) is 11.4. The molecular formula is C26H23FN2O2. The van der Waals surface area contributed by atoms with Gasteiger partial charge >= 0.3 is 0 Å². The number of hydrogen-bond donors (Lipinski definition) is 1. The lowest BCUT2D eigenvalue weighted by atomic mass is 9.87. The van der Waals surface area contributed by atoms with Crippen LogP contribution in [-0.2, 0) is 5.41 Å². The van der Waals surface area contributed by atoms with E-state index in [2.05, 4.69) is 43.2 Å². The van der Waals surface area contributed by atoms with Gasteiger partial charge in [-0.05, 0) is 71.0 Å². The minimum atomic E-state index is -0.356. The molecule has 0 aliphatic carbocycles. The molecule has 3 aromatic carbocycles. The van der Waals surface area contributed by atoms with Gasteiger partial charge in [0.05, 0.1) is 0 Å². The zero-order chi connectivity index (χ0) is 22.0. The van der Waals surface area contributed by atoms with E-state index in [1.807, 2.05) is 30.3 Å². The fraction of sp³-hybridized carbons (Fsp3) is 0.154. The van der Waals surface area contributed by atoms with E-state index in [9.17, 15) is 9.18 Å². The van der Waals surface area contributed by atoms with Crippen LogP contribution >= 0.6 is 0 Å². The van der Waals surface area contributed by atoms with E-state index in [0.717, 1.165) is 16.5 Å². The second-order valence-electron chi connectivity index (χ2n) is 8.42. The Morgan fingerprint density at radius 2 is 1.55 bits per heavy atom. The SMILES string of the molecule is CC(C)(C)c1ccc(Oc2ccc3cc(C(=O)Nc4ccc(F)cc4)ncc3c2)cc1. The van der Waals surface area contributed by atoms with E-state index >= 15 is 0 Å².